The summed E-state index contributed by atoms with van der Waals surface area (Å²) in [7, 11) is 2.97. The van der Waals surface area contributed by atoms with Gasteiger partial charge in [0.15, 0.2) is 0 Å². The Labute approximate surface area is 200 Å². The molecule has 0 spiro atoms. The van der Waals surface area contributed by atoms with Gasteiger partial charge in [-0.25, -0.2) is 12.2 Å². The van der Waals surface area contributed by atoms with E-state index in [1.165, 1.54) is 33.4 Å². The molecule has 30 heavy (non-hydrogen) atoms. The van der Waals surface area contributed by atoms with Gasteiger partial charge in [0.25, 0.3) is 0 Å². The number of hydrogen-bond acceptors (Lipinski definition) is 0. The van der Waals surface area contributed by atoms with Gasteiger partial charge in [-0.3, -0.25) is 6.08 Å². The summed E-state index contributed by atoms with van der Waals surface area (Å²) in [5.41, 5.74) is 8.70. The number of hydrogen-bond donors (Lipinski definition) is 0. The van der Waals surface area contributed by atoms with Crippen LogP contribution < -0.4 is 0 Å². The van der Waals surface area contributed by atoms with E-state index in [0.29, 0.717) is 0 Å². The van der Waals surface area contributed by atoms with Crippen molar-refractivity contribution >= 4 is 7.63 Å². The fourth-order valence-corrected chi connectivity index (χ4v) is 3.37. The fourth-order valence-electron chi connectivity index (χ4n) is 3.37. The van der Waals surface area contributed by atoms with Gasteiger partial charge in [-0.15, -0.1) is 17.5 Å². The molecule has 0 unspecified atom stereocenters. The Bertz CT molecular complexity index is 805. The molecule has 0 N–H and O–H groups in total. The molecule has 0 aromatic heterocycles. The summed E-state index contributed by atoms with van der Waals surface area (Å²) in [6.07, 6.45) is 11.0. The standard InChI is InChI=1S/C21H25.C5H5.2CH3.Si.Ti/c1-20(2,3)16-7-9-18-14(12-16)11-15-13-17(21(4,5)6)8-10-19(15)18;1-2-4-5-3-1;;;;/h7-10,12H,11H2,1-6H3;1-3H,4H2;2*1H3;;/q4*-1;;. The van der Waals surface area contributed by atoms with Gasteiger partial charge in [0.1, 0.15) is 0 Å². The van der Waals surface area contributed by atoms with Gasteiger partial charge < -0.3 is 14.9 Å². The zero-order chi connectivity index (χ0) is 20.9. The van der Waals surface area contributed by atoms with Crippen LogP contribution in [0.5, 0.6) is 0 Å². The average molecular weight is 449 g/mol. The monoisotopic (exact) mass is 448 g/mol. The number of allylic oxidation sites excluding steroid dienone is 4. The SMILES string of the molecule is CC(C)(C)c1[c-]c2c(cc1)-c1ccc(C(C)(C)C)cc1C2.[C-]1=CC=CC1.[CH3-].[CH3-].[Si]=[Ti]. The fraction of sp³-hybridized carbons (Fsp3) is 0.357. The van der Waals surface area contributed by atoms with Crippen LogP contribution in [-0.2, 0) is 36.4 Å². The Morgan fingerprint density at radius 3 is 1.97 bits per heavy atom. The van der Waals surface area contributed by atoms with E-state index in [0.717, 1.165) is 12.8 Å². The van der Waals surface area contributed by atoms with Gasteiger partial charge in [-0.2, -0.15) is 29.8 Å². The second-order valence-corrected chi connectivity index (χ2v) is 9.32. The molecule has 0 nitrogen and oxygen atoms in total. The normalized spacial score (nSPS) is 12.8. The first-order valence-electron chi connectivity index (χ1n) is 9.82. The first-order valence-corrected chi connectivity index (χ1v) is 12.7. The molecular formula is C28H36SiTi-4. The van der Waals surface area contributed by atoms with E-state index in [9.17, 15) is 0 Å². The molecule has 2 aromatic rings. The topological polar surface area (TPSA) is 0 Å². The van der Waals surface area contributed by atoms with E-state index in [4.69, 9.17) is 0 Å². The molecular weight excluding hydrogens is 412 g/mol. The molecule has 2 aliphatic rings. The quantitative estimate of drug-likeness (QED) is 0.247. The third-order valence-electron chi connectivity index (χ3n) is 5.05. The van der Waals surface area contributed by atoms with Crippen LogP contribution >= 0.6 is 0 Å². The van der Waals surface area contributed by atoms with Gasteiger partial charge in [0.2, 0.25) is 0 Å². The van der Waals surface area contributed by atoms with Crippen molar-refractivity contribution in [2.45, 2.75) is 65.2 Å². The van der Waals surface area contributed by atoms with Crippen molar-refractivity contribution < 1.29 is 19.2 Å². The predicted molar refractivity (Wildman–Crippen MR) is 131 cm³/mol. The van der Waals surface area contributed by atoms with Gasteiger partial charge in [0, 0.05) is 0 Å². The van der Waals surface area contributed by atoms with Crippen LogP contribution in [0.1, 0.15) is 70.2 Å². The van der Waals surface area contributed by atoms with E-state index in [1.807, 2.05) is 12.2 Å². The van der Waals surface area contributed by atoms with Gasteiger partial charge >= 0.3 is 26.8 Å². The summed E-state index contributed by atoms with van der Waals surface area (Å²) in [5, 5.41) is 0. The Balaban J connectivity index is 0.000000809. The van der Waals surface area contributed by atoms with E-state index in [2.05, 4.69) is 97.7 Å². The molecule has 2 aliphatic carbocycles. The van der Waals surface area contributed by atoms with E-state index < -0.39 is 0 Å². The van der Waals surface area contributed by atoms with Crippen molar-refractivity contribution in [3.8, 4) is 11.1 Å². The molecule has 0 saturated heterocycles. The molecule has 0 heterocycles. The Kier molecular flexibility index (Phi) is 11.6. The molecule has 0 amide bonds. The van der Waals surface area contributed by atoms with E-state index in [1.54, 1.807) is 19.2 Å². The molecule has 0 fully saturated rings. The van der Waals surface area contributed by atoms with Crippen molar-refractivity contribution in [2.24, 2.45) is 0 Å². The molecule has 0 bridgehead atoms. The summed E-state index contributed by atoms with van der Waals surface area (Å²) in [4.78, 5) is 0. The zero-order valence-corrected chi connectivity index (χ0v) is 22.6. The van der Waals surface area contributed by atoms with Gasteiger partial charge in [0.05, 0.1) is 0 Å². The molecule has 2 radical (unpaired) electrons. The van der Waals surface area contributed by atoms with Crippen molar-refractivity contribution in [1.29, 1.82) is 0 Å². The van der Waals surface area contributed by atoms with Crippen LogP contribution in [0.2, 0.25) is 0 Å². The van der Waals surface area contributed by atoms with Crippen LogP contribution in [0.15, 0.2) is 48.6 Å². The minimum atomic E-state index is 0. The summed E-state index contributed by atoms with van der Waals surface area (Å²) in [6.45, 7) is 13.6. The summed E-state index contributed by atoms with van der Waals surface area (Å²) in [6, 6.07) is 15.2. The maximum atomic E-state index is 3.67. The molecule has 4 rings (SSSR count). The zero-order valence-electron chi connectivity index (χ0n) is 20.0. The minimum absolute atomic E-state index is 0. The van der Waals surface area contributed by atoms with Gasteiger partial charge in [-0.05, 0) is 28.4 Å². The molecule has 160 valence electrons. The van der Waals surface area contributed by atoms with E-state index in [-0.39, 0.29) is 25.7 Å². The van der Waals surface area contributed by atoms with Crippen molar-refractivity contribution in [3.63, 3.8) is 0 Å². The molecule has 2 aromatic carbocycles. The van der Waals surface area contributed by atoms with Crippen LogP contribution in [0, 0.1) is 27.0 Å². The van der Waals surface area contributed by atoms with Crippen LogP contribution in [0.25, 0.3) is 11.1 Å². The summed E-state index contributed by atoms with van der Waals surface area (Å²) < 4.78 is 0. The second kappa shape index (κ2) is 12.0. The van der Waals surface area contributed by atoms with Crippen molar-refractivity contribution in [3.05, 3.63) is 97.8 Å². The van der Waals surface area contributed by atoms with Crippen molar-refractivity contribution in [1.82, 2.24) is 0 Å². The predicted octanol–water partition coefficient (Wildman–Crippen LogP) is 7.48. The second-order valence-electron chi connectivity index (χ2n) is 9.32. The molecule has 0 atom stereocenters. The molecule has 0 saturated carbocycles. The average Bonchev–Trinajstić information content (AvgIpc) is 3.32. The van der Waals surface area contributed by atoms with Crippen LogP contribution in [0.4, 0.5) is 0 Å². The summed E-state index contributed by atoms with van der Waals surface area (Å²) >= 11 is 1.81. The third-order valence-corrected chi connectivity index (χ3v) is 5.05. The summed E-state index contributed by atoms with van der Waals surface area (Å²) in [5.74, 6) is 0. The molecule has 0 aliphatic heterocycles. The Hall–Kier alpha value is -1.15. The van der Waals surface area contributed by atoms with Crippen molar-refractivity contribution in [2.75, 3.05) is 0 Å². The van der Waals surface area contributed by atoms with Crippen LogP contribution in [-0.4, -0.2) is 7.63 Å². The van der Waals surface area contributed by atoms with Gasteiger partial charge in [-0.1, -0.05) is 65.3 Å². The Morgan fingerprint density at radius 1 is 0.867 bits per heavy atom. The Morgan fingerprint density at radius 2 is 1.50 bits per heavy atom. The third kappa shape index (κ3) is 7.22. The first kappa shape index (κ1) is 28.9. The number of benzene rings is 2. The first-order chi connectivity index (χ1) is 13.2. The molecule has 2 heteroatoms. The van der Waals surface area contributed by atoms with Crippen LogP contribution in [0.3, 0.4) is 0 Å². The number of rotatable bonds is 0. The van der Waals surface area contributed by atoms with E-state index >= 15 is 0 Å². The maximum absolute atomic E-state index is 3.67. The number of fused-ring (bicyclic) bond motifs is 3.